The van der Waals surface area contributed by atoms with E-state index >= 15 is 0 Å². The Bertz CT molecular complexity index is 1150. The monoisotopic (exact) mass is 423 g/mol. The van der Waals surface area contributed by atoms with E-state index in [1.165, 1.54) is 6.07 Å². The van der Waals surface area contributed by atoms with Crippen molar-refractivity contribution in [2.45, 2.75) is 6.54 Å². The van der Waals surface area contributed by atoms with E-state index in [4.69, 9.17) is 0 Å². The van der Waals surface area contributed by atoms with Gasteiger partial charge in [0, 0.05) is 16.1 Å². The lowest BCUT2D eigenvalue weighted by atomic mass is 10.1. The molecule has 2 N–H and O–H groups in total. The summed E-state index contributed by atoms with van der Waals surface area (Å²) in [4.78, 5) is 31.7. The number of carbonyl (C=O) groups excluding carboxylic acids is 1. The highest BCUT2D eigenvalue weighted by Gasteiger charge is 2.10. The molecule has 27 heavy (non-hydrogen) atoms. The van der Waals surface area contributed by atoms with E-state index in [0.717, 1.165) is 25.8 Å². The smallest absolute Gasteiger partial charge is 0.267 e. The molecule has 0 spiro atoms. The van der Waals surface area contributed by atoms with Gasteiger partial charge in [-0.05, 0) is 30.3 Å². The van der Waals surface area contributed by atoms with Crippen molar-refractivity contribution < 1.29 is 4.79 Å². The van der Waals surface area contributed by atoms with E-state index in [1.54, 1.807) is 6.07 Å². The molecule has 2 heterocycles. The summed E-state index contributed by atoms with van der Waals surface area (Å²) in [5.41, 5.74) is 2.68. The highest BCUT2D eigenvalue weighted by molar-refractivity contribution is 9.10. The average molecular weight is 424 g/mol. The molecular formula is C19H14BrN5O2. The summed E-state index contributed by atoms with van der Waals surface area (Å²) in [6.45, 7) is -0.208. The standard InChI is InChI=1S/C19H14BrN5O2/c20-13-7-5-12(6-8-13)14-9-10-18(27)25(24-14)11-17(26)23-19-21-15-3-1-2-4-16(15)22-19/h1-10H,11H2,(H2,21,22,23,26). The van der Waals surface area contributed by atoms with E-state index < -0.39 is 5.91 Å². The fraction of sp³-hybridized carbons (Fsp3) is 0.0526. The Morgan fingerprint density at radius 3 is 2.63 bits per heavy atom. The van der Waals surface area contributed by atoms with Gasteiger partial charge in [0.05, 0.1) is 16.7 Å². The minimum Gasteiger partial charge on any atom is -0.324 e. The lowest BCUT2D eigenvalue weighted by molar-refractivity contribution is -0.117. The summed E-state index contributed by atoms with van der Waals surface area (Å²) in [6, 6.07) is 18.0. The van der Waals surface area contributed by atoms with Gasteiger partial charge in [0.2, 0.25) is 11.9 Å². The molecule has 0 radical (unpaired) electrons. The summed E-state index contributed by atoms with van der Waals surface area (Å²) in [6.07, 6.45) is 0. The molecule has 4 rings (SSSR count). The number of para-hydroxylation sites is 2. The minimum atomic E-state index is -0.392. The second-order valence-corrected chi connectivity index (χ2v) is 6.79. The Kier molecular flexibility index (Phi) is 4.55. The Balaban J connectivity index is 1.54. The van der Waals surface area contributed by atoms with Crippen LogP contribution in [0.5, 0.6) is 0 Å². The van der Waals surface area contributed by atoms with Crippen molar-refractivity contribution in [3.63, 3.8) is 0 Å². The summed E-state index contributed by atoms with van der Waals surface area (Å²) in [5.74, 6) is -0.0603. The third-order valence-corrected chi connectivity index (χ3v) is 4.48. The quantitative estimate of drug-likeness (QED) is 0.526. The second kappa shape index (κ2) is 7.16. The number of amides is 1. The highest BCUT2D eigenvalue weighted by atomic mass is 79.9. The van der Waals surface area contributed by atoms with Crippen LogP contribution in [-0.2, 0) is 11.3 Å². The van der Waals surface area contributed by atoms with Gasteiger partial charge in [-0.2, -0.15) is 5.10 Å². The molecule has 0 unspecified atom stereocenters. The van der Waals surface area contributed by atoms with Crippen LogP contribution >= 0.6 is 15.9 Å². The number of aromatic amines is 1. The van der Waals surface area contributed by atoms with Crippen LogP contribution in [0, 0.1) is 0 Å². The minimum absolute atomic E-state index is 0.208. The molecule has 7 nitrogen and oxygen atoms in total. The van der Waals surface area contributed by atoms with Crippen molar-refractivity contribution in [3.8, 4) is 11.3 Å². The number of imidazole rings is 1. The van der Waals surface area contributed by atoms with Gasteiger partial charge in [-0.15, -0.1) is 0 Å². The zero-order valence-electron chi connectivity index (χ0n) is 14.0. The molecule has 4 aromatic rings. The molecule has 134 valence electrons. The van der Waals surface area contributed by atoms with Crippen molar-refractivity contribution >= 4 is 38.8 Å². The van der Waals surface area contributed by atoms with Crippen LogP contribution in [0.1, 0.15) is 0 Å². The van der Waals surface area contributed by atoms with Crippen molar-refractivity contribution in [2.75, 3.05) is 5.32 Å². The number of rotatable bonds is 4. The molecule has 0 fully saturated rings. The van der Waals surface area contributed by atoms with Crippen molar-refractivity contribution in [1.82, 2.24) is 19.7 Å². The number of nitrogens with one attached hydrogen (secondary N) is 2. The van der Waals surface area contributed by atoms with E-state index in [2.05, 4.69) is 36.3 Å². The number of hydrogen-bond acceptors (Lipinski definition) is 4. The number of fused-ring (bicyclic) bond motifs is 1. The topological polar surface area (TPSA) is 92.7 Å². The summed E-state index contributed by atoms with van der Waals surface area (Å²) >= 11 is 3.38. The largest absolute Gasteiger partial charge is 0.324 e. The molecule has 0 aliphatic carbocycles. The molecule has 0 bridgehead atoms. The molecular weight excluding hydrogens is 410 g/mol. The number of aromatic nitrogens is 4. The average Bonchev–Trinajstić information content (AvgIpc) is 3.06. The number of halogens is 1. The number of H-pyrrole nitrogens is 1. The Morgan fingerprint density at radius 2 is 1.85 bits per heavy atom. The SMILES string of the molecule is O=C(Cn1nc(-c2ccc(Br)cc2)ccc1=O)Nc1nc2ccccc2[nH]1. The van der Waals surface area contributed by atoms with Gasteiger partial charge in [0.25, 0.3) is 5.56 Å². The first-order chi connectivity index (χ1) is 13.1. The Morgan fingerprint density at radius 1 is 1.07 bits per heavy atom. The normalized spacial score (nSPS) is 10.9. The number of hydrogen-bond donors (Lipinski definition) is 2. The third-order valence-electron chi connectivity index (χ3n) is 3.95. The van der Waals surface area contributed by atoms with Crippen LogP contribution in [0.2, 0.25) is 0 Å². The molecule has 1 amide bonds. The van der Waals surface area contributed by atoms with Crippen LogP contribution in [0.25, 0.3) is 22.3 Å². The van der Waals surface area contributed by atoms with Gasteiger partial charge in [0.15, 0.2) is 0 Å². The zero-order valence-corrected chi connectivity index (χ0v) is 15.6. The fourth-order valence-corrected chi connectivity index (χ4v) is 2.92. The molecule has 0 aliphatic rings. The predicted molar refractivity (Wildman–Crippen MR) is 106 cm³/mol. The van der Waals surface area contributed by atoms with Crippen LogP contribution in [0.4, 0.5) is 5.95 Å². The highest BCUT2D eigenvalue weighted by Crippen LogP contribution is 2.19. The number of benzene rings is 2. The number of nitrogens with zero attached hydrogens (tertiary/aromatic N) is 3. The van der Waals surface area contributed by atoms with Gasteiger partial charge >= 0.3 is 0 Å². The fourth-order valence-electron chi connectivity index (χ4n) is 2.66. The Labute approximate surface area is 162 Å². The van der Waals surface area contributed by atoms with Crippen LogP contribution in [-0.4, -0.2) is 25.7 Å². The van der Waals surface area contributed by atoms with Crippen LogP contribution < -0.4 is 10.9 Å². The van der Waals surface area contributed by atoms with Crippen molar-refractivity contribution in [2.24, 2.45) is 0 Å². The van der Waals surface area contributed by atoms with Crippen molar-refractivity contribution in [3.05, 3.63) is 75.5 Å². The van der Waals surface area contributed by atoms with Gasteiger partial charge in [-0.3, -0.25) is 14.9 Å². The summed E-state index contributed by atoms with van der Waals surface area (Å²) < 4.78 is 2.08. The van der Waals surface area contributed by atoms with Gasteiger partial charge in [0.1, 0.15) is 6.54 Å². The van der Waals surface area contributed by atoms with E-state index in [0.29, 0.717) is 11.6 Å². The van der Waals surface area contributed by atoms with Gasteiger partial charge in [-0.25, -0.2) is 9.67 Å². The third kappa shape index (κ3) is 3.80. The predicted octanol–water partition coefficient (Wildman–Crippen LogP) is 3.19. The molecule has 8 heteroatoms. The van der Waals surface area contributed by atoms with Crippen LogP contribution in [0.3, 0.4) is 0 Å². The first-order valence-corrected chi connectivity index (χ1v) is 8.96. The maximum Gasteiger partial charge on any atom is 0.267 e. The Hall–Kier alpha value is -3.26. The van der Waals surface area contributed by atoms with Crippen molar-refractivity contribution in [1.29, 1.82) is 0 Å². The number of anilines is 1. The van der Waals surface area contributed by atoms with Gasteiger partial charge in [-0.1, -0.05) is 40.2 Å². The molecule has 2 aromatic carbocycles. The summed E-state index contributed by atoms with van der Waals surface area (Å²) in [5, 5.41) is 6.96. The van der Waals surface area contributed by atoms with E-state index in [9.17, 15) is 9.59 Å². The molecule has 0 aliphatic heterocycles. The van der Waals surface area contributed by atoms with Crippen LogP contribution in [0.15, 0.2) is 69.9 Å². The maximum atomic E-state index is 12.3. The maximum absolute atomic E-state index is 12.3. The van der Waals surface area contributed by atoms with Gasteiger partial charge < -0.3 is 4.98 Å². The first-order valence-electron chi connectivity index (χ1n) is 8.17. The first kappa shape index (κ1) is 17.2. The second-order valence-electron chi connectivity index (χ2n) is 5.87. The lowest BCUT2D eigenvalue weighted by Crippen LogP contribution is -2.29. The molecule has 0 atom stereocenters. The summed E-state index contributed by atoms with van der Waals surface area (Å²) in [7, 11) is 0. The lowest BCUT2D eigenvalue weighted by Gasteiger charge is -2.07. The molecule has 0 saturated heterocycles. The van der Waals surface area contributed by atoms with E-state index in [-0.39, 0.29) is 12.1 Å². The zero-order chi connectivity index (χ0) is 18.8. The molecule has 2 aromatic heterocycles. The number of carbonyl (C=O) groups is 1. The molecule has 0 saturated carbocycles. The van der Waals surface area contributed by atoms with E-state index in [1.807, 2.05) is 48.5 Å².